The number of rotatable bonds is 3. The number of hydrogen-bond acceptors (Lipinski definition) is 2. The quantitative estimate of drug-likeness (QED) is 0.825. The molecule has 0 amide bonds. The first kappa shape index (κ1) is 13.1. The maximum Gasteiger partial charge on any atom is 0.138 e. The first-order chi connectivity index (χ1) is 8.61. The van der Waals surface area contributed by atoms with Crippen molar-refractivity contribution in [3.05, 3.63) is 35.4 Å². The summed E-state index contributed by atoms with van der Waals surface area (Å²) in [5.74, 6) is -0.753. The lowest BCUT2D eigenvalue weighted by Crippen LogP contribution is -2.40. The Morgan fingerprint density at radius 1 is 1.33 bits per heavy atom. The molecule has 1 atom stereocenters. The minimum absolute atomic E-state index is 0.00795. The van der Waals surface area contributed by atoms with Gasteiger partial charge in [0.15, 0.2) is 0 Å². The number of ketones is 1. The second-order valence-electron chi connectivity index (χ2n) is 4.76. The number of piperidine rings is 1. The van der Waals surface area contributed by atoms with Crippen LogP contribution in [0.1, 0.15) is 25.3 Å². The number of nitrogens with zero attached hydrogens (tertiary/aromatic N) is 1. The fourth-order valence-electron chi connectivity index (χ4n) is 2.38. The molecule has 98 valence electrons. The zero-order valence-electron chi connectivity index (χ0n) is 10.5. The maximum absolute atomic E-state index is 13.5. The van der Waals surface area contributed by atoms with E-state index in [0.29, 0.717) is 19.5 Å². The summed E-state index contributed by atoms with van der Waals surface area (Å²) in [6.45, 7) is 3.39. The van der Waals surface area contributed by atoms with Crippen molar-refractivity contribution in [3.8, 4) is 0 Å². The molecule has 0 bridgehead atoms. The molecule has 2 nitrogen and oxygen atoms in total. The smallest absolute Gasteiger partial charge is 0.138 e. The summed E-state index contributed by atoms with van der Waals surface area (Å²) in [5.41, 5.74) is 0.0988. The van der Waals surface area contributed by atoms with Gasteiger partial charge < -0.3 is 0 Å². The minimum atomic E-state index is -0.514. The van der Waals surface area contributed by atoms with Gasteiger partial charge in [-0.15, -0.1) is 0 Å². The second-order valence-corrected chi connectivity index (χ2v) is 4.76. The highest BCUT2D eigenvalue weighted by Crippen LogP contribution is 2.20. The molecule has 0 aromatic heterocycles. The third-order valence-electron chi connectivity index (χ3n) is 3.54. The van der Waals surface area contributed by atoms with Crippen molar-refractivity contribution in [1.82, 2.24) is 4.90 Å². The molecule has 1 aromatic rings. The number of benzene rings is 1. The first-order valence-electron chi connectivity index (χ1n) is 6.29. The number of Topliss-reactive ketones (excluding diaryl/α,β-unsaturated/α-hetero) is 1. The lowest BCUT2D eigenvalue weighted by atomic mass is 9.94. The Morgan fingerprint density at radius 2 is 2.00 bits per heavy atom. The van der Waals surface area contributed by atoms with Gasteiger partial charge in [-0.25, -0.2) is 8.78 Å². The lowest BCUT2D eigenvalue weighted by molar-refractivity contribution is -0.126. The van der Waals surface area contributed by atoms with Crippen molar-refractivity contribution in [2.45, 2.75) is 26.3 Å². The molecular formula is C14H17F2NO. The van der Waals surface area contributed by atoms with Gasteiger partial charge in [0.25, 0.3) is 0 Å². The Hall–Kier alpha value is -1.29. The van der Waals surface area contributed by atoms with Crippen molar-refractivity contribution in [1.29, 1.82) is 0 Å². The maximum atomic E-state index is 13.5. The molecule has 0 aliphatic carbocycles. The minimum Gasteiger partial charge on any atom is -0.299 e. The summed E-state index contributed by atoms with van der Waals surface area (Å²) in [5, 5.41) is 0. The molecule has 0 N–H and O–H groups in total. The van der Waals surface area contributed by atoms with Crippen LogP contribution in [0.15, 0.2) is 18.2 Å². The molecular weight excluding hydrogens is 236 g/mol. The van der Waals surface area contributed by atoms with Crippen molar-refractivity contribution in [2.75, 3.05) is 13.1 Å². The van der Waals surface area contributed by atoms with E-state index in [1.54, 1.807) is 0 Å². The number of carbonyl (C=O) groups is 1. The van der Waals surface area contributed by atoms with Crippen molar-refractivity contribution in [2.24, 2.45) is 5.92 Å². The van der Waals surface area contributed by atoms with Gasteiger partial charge in [-0.1, -0.05) is 13.0 Å². The Kier molecular flexibility index (Phi) is 4.07. The summed E-state index contributed by atoms with van der Waals surface area (Å²) < 4.78 is 27.1. The van der Waals surface area contributed by atoms with Gasteiger partial charge in [0.1, 0.15) is 17.4 Å². The van der Waals surface area contributed by atoms with E-state index in [2.05, 4.69) is 0 Å². The number of halogens is 2. The van der Waals surface area contributed by atoms with Gasteiger partial charge >= 0.3 is 0 Å². The molecule has 1 heterocycles. The van der Waals surface area contributed by atoms with Gasteiger partial charge in [-0.3, -0.25) is 9.69 Å². The molecule has 1 unspecified atom stereocenters. The van der Waals surface area contributed by atoms with Crippen molar-refractivity contribution in [3.63, 3.8) is 0 Å². The Bertz CT molecular complexity index is 427. The van der Waals surface area contributed by atoms with Crippen LogP contribution in [0, 0.1) is 17.6 Å². The monoisotopic (exact) mass is 253 g/mol. The Labute approximate surface area is 106 Å². The van der Waals surface area contributed by atoms with Crippen LogP contribution in [-0.2, 0) is 11.3 Å². The summed E-state index contributed by atoms with van der Waals surface area (Å²) in [6, 6.07) is 3.90. The highest BCUT2D eigenvalue weighted by atomic mass is 19.1. The van der Waals surface area contributed by atoms with Crippen LogP contribution in [0.5, 0.6) is 0 Å². The van der Waals surface area contributed by atoms with E-state index in [9.17, 15) is 13.6 Å². The first-order valence-corrected chi connectivity index (χ1v) is 6.29. The summed E-state index contributed by atoms with van der Waals surface area (Å²) >= 11 is 0. The topological polar surface area (TPSA) is 20.3 Å². The fraction of sp³-hybridized carbons (Fsp3) is 0.500. The van der Waals surface area contributed by atoms with Crippen LogP contribution >= 0.6 is 0 Å². The van der Waals surface area contributed by atoms with Crippen LogP contribution in [0.2, 0.25) is 0 Å². The average molecular weight is 253 g/mol. The highest BCUT2D eigenvalue weighted by Gasteiger charge is 2.26. The molecule has 0 radical (unpaired) electrons. The number of likely N-dealkylation sites (tertiary alicyclic amines) is 1. The molecule has 0 saturated carbocycles. The second kappa shape index (κ2) is 5.57. The number of hydrogen-bond donors (Lipinski definition) is 0. The Morgan fingerprint density at radius 3 is 2.61 bits per heavy atom. The average Bonchev–Trinajstić information content (AvgIpc) is 2.36. The van der Waals surface area contributed by atoms with Gasteiger partial charge in [0.05, 0.1) is 0 Å². The van der Waals surface area contributed by atoms with Crippen molar-refractivity contribution >= 4 is 5.78 Å². The van der Waals surface area contributed by atoms with Gasteiger partial charge in [-0.05, 0) is 18.6 Å². The molecule has 1 saturated heterocycles. The normalized spacial score (nSPS) is 21.3. The fourth-order valence-corrected chi connectivity index (χ4v) is 2.38. The van der Waals surface area contributed by atoms with Gasteiger partial charge in [0, 0.05) is 37.5 Å². The highest BCUT2D eigenvalue weighted by molar-refractivity contribution is 5.82. The molecule has 4 heteroatoms. The third-order valence-corrected chi connectivity index (χ3v) is 3.54. The van der Waals surface area contributed by atoms with E-state index < -0.39 is 11.6 Å². The van der Waals surface area contributed by atoms with Gasteiger partial charge in [0.2, 0.25) is 0 Å². The van der Waals surface area contributed by atoms with E-state index in [0.717, 1.165) is 6.42 Å². The summed E-state index contributed by atoms with van der Waals surface area (Å²) in [4.78, 5) is 13.5. The molecule has 1 aromatic carbocycles. The SMILES string of the molecule is CCC1CN(Cc2c(F)cccc2F)CCC1=O. The zero-order chi connectivity index (χ0) is 13.1. The van der Waals surface area contributed by atoms with Crippen LogP contribution in [0.25, 0.3) is 0 Å². The van der Waals surface area contributed by atoms with Gasteiger partial charge in [-0.2, -0.15) is 0 Å². The molecule has 0 spiro atoms. The van der Waals surface area contributed by atoms with Crippen molar-refractivity contribution < 1.29 is 13.6 Å². The largest absolute Gasteiger partial charge is 0.299 e. The van der Waals surface area contributed by atoms with E-state index in [1.807, 2.05) is 11.8 Å². The zero-order valence-corrected chi connectivity index (χ0v) is 10.5. The van der Waals surface area contributed by atoms with E-state index in [-0.39, 0.29) is 23.8 Å². The lowest BCUT2D eigenvalue weighted by Gasteiger charge is -2.31. The standard InChI is InChI=1S/C14H17F2NO/c1-2-10-8-17(7-6-14(10)18)9-11-12(15)4-3-5-13(11)16/h3-5,10H,2,6-9H2,1H3. The van der Waals surface area contributed by atoms with Crippen LogP contribution in [0.4, 0.5) is 8.78 Å². The van der Waals surface area contributed by atoms with E-state index in [1.165, 1.54) is 18.2 Å². The predicted octanol–water partition coefficient (Wildman–Crippen LogP) is 2.77. The van der Waals surface area contributed by atoms with Crippen LogP contribution in [0.3, 0.4) is 0 Å². The Balaban J connectivity index is 2.08. The molecule has 18 heavy (non-hydrogen) atoms. The molecule has 1 aliphatic rings. The summed E-state index contributed by atoms with van der Waals surface area (Å²) in [6.07, 6.45) is 1.27. The third kappa shape index (κ3) is 2.75. The molecule has 1 aliphatic heterocycles. The predicted molar refractivity (Wildman–Crippen MR) is 65.0 cm³/mol. The van der Waals surface area contributed by atoms with Crippen LogP contribution < -0.4 is 0 Å². The summed E-state index contributed by atoms with van der Waals surface area (Å²) in [7, 11) is 0. The number of carbonyl (C=O) groups excluding carboxylic acids is 1. The van der Waals surface area contributed by atoms with E-state index in [4.69, 9.17) is 0 Å². The van der Waals surface area contributed by atoms with Crippen LogP contribution in [-0.4, -0.2) is 23.8 Å². The molecule has 2 rings (SSSR count). The molecule has 1 fully saturated rings. The van der Waals surface area contributed by atoms with E-state index >= 15 is 0 Å².